The van der Waals surface area contributed by atoms with E-state index in [1.165, 1.54) is 5.56 Å². The molecule has 2 heterocycles. The molecule has 2 aromatic heterocycles. The van der Waals surface area contributed by atoms with E-state index >= 15 is 0 Å². The van der Waals surface area contributed by atoms with Crippen LogP contribution in [-0.2, 0) is 6.54 Å². The van der Waals surface area contributed by atoms with E-state index in [-0.39, 0.29) is 6.04 Å². The molecule has 1 unspecified atom stereocenters. The molecule has 1 aromatic carbocycles. The molecule has 108 valence electrons. The second kappa shape index (κ2) is 5.95. The molecule has 0 aliphatic heterocycles. The molecule has 0 aliphatic carbocycles. The van der Waals surface area contributed by atoms with E-state index in [1.54, 1.807) is 0 Å². The number of benzene rings is 1. The number of hydrogen-bond acceptors (Lipinski definition) is 3. The fourth-order valence-electron chi connectivity index (χ4n) is 2.27. The second-order valence-corrected chi connectivity index (χ2v) is 6.12. The summed E-state index contributed by atoms with van der Waals surface area (Å²) < 4.78 is 2.93. The van der Waals surface area contributed by atoms with Gasteiger partial charge in [-0.25, -0.2) is 9.50 Å². The van der Waals surface area contributed by atoms with Gasteiger partial charge in [-0.1, -0.05) is 28.1 Å². The quantitative estimate of drug-likeness (QED) is 0.785. The lowest BCUT2D eigenvalue weighted by Crippen LogP contribution is -2.18. The van der Waals surface area contributed by atoms with Crippen LogP contribution in [0.2, 0.25) is 0 Å². The van der Waals surface area contributed by atoms with Crippen LogP contribution in [0.15, 0.2) is 47.2 Å². The molecule has 1 atom stereocenters. The highest BCUT2D eigenvalue weighted by Crippen LogP contribution is 2.17. The lowest BCUT2D eigenvalue weighted by Gasteiger charge is -2.14. The zero-order chi connectivity index (χ0) is 14.8. The van der Waals surface area contributed by atoms with Gasteiger partial charge in [-0.3, -0.25) is 0 Å². The summed E-state index contributed by atoms with van der Waals surface area (Å²) >= 11 is 3.46. The summed E-state index contributed by atoms with van der Waals surface area (Å²) in [5.41, 5.74) is 4.25. The maximum atomic E-state index is 4.42. The molecule has 0 radical (unpaired) electrons. The molecule has 0 saturated carbocycles. The number of fused-ring (bicyclic) bond motifs is 1. The monoisotopic (exact) mass is 344 g/mol. The molecular formula is C16H17BrN4. The van der Waals surface area contributed by atoms with Gasteiger partial charge in [-0.05, 0) is 31.5 Å². The molecule has 3 rings (SSSR count). The van der Waals surface area contributed by atoms with Crippen molar-refractivity contribution in [3.8, 4) is 0 Å². The Morgan fingerprint density at radius 1 is 1.29 bits per heavy atom. The standard InChI is InChI=1S/C16H17BrN4/c1-11-7-16-19-9-13(10-21(16)20-11)8-18-12(2)14-3-5-15(17)6-4-14/h3-7,9-10,12,18H,8H2,1-2H3. The first-order valence-electron chi connectivity index (χ1n) is 6.91. The van der Waals surface area contributed by atoms with E-state index in [1.807, 2.05) is 29.9 Å². The SMILES string of the molecule is Cc1cc2ncc(CNC(C)c3ccc(Br)cc3)cn2n1. The minimum absolute atomic E-state index is 0.285. The Hall–Kier alpha value is -1.72. The Morgan fingerprint density at radius 3 is 2.81 bits per heavy atom. The molecule has 0 bridgehead atoms. The Kier molecular flexibility index (Phi) is 4.03. The van der Waals surface area contributed by atoms with Crippen molar-refractivity contribution < 1.29 is 0 Å². The largest absolute Gasteiger partial charge is 0.306 e. The first-order chi connectivity index (χ1) is 10.1. The van der Waals surface area contributed by atoms with E-state index in [9.17, 15) is 0 Å². The maximum Gasteiger partial charge on any atom is 0.155 e. The molecule has 0 spiro atoms. The predicted molar refractivity (Wildman–Crippen MR) is 87.1 cm³/mol. The van der Waals surface area contributed by atoms with Gasteiger partial charge in [-0.15, -0.1) is 0 Å². The van der Waals surface area contributed by atoms with E-state index in [0.717, 1.165) is 27.9 Å². The Morgan fingerprint density at radius 2 is 2.05 bits per heavy atom. The topological polar surface area (TPSA) is 42.2 Å². The molecule has 21 heavy (non-hydrogen) atoms. The predicted octanol–water partition coefficient (Wildman–Crippen LogP) is 3.65. The summed E-state index contributed by atoms with van der Waals surface area (Å²) in [6.45, 7) is 4.90. The zero-order valence-corrected chi connectivity index (χ0v) is 13.6. The van der Waals surface area contributed by atoms with Gasteiger partial charge >= 0.3 is 0 Å². The van der Waals surface area contributed by atoms with Crippen LogP contribution in [0.5, 0.6) is 0 Å². The number of halogens is 1. The van der Waals surface area contributed by atoms with E-state index in [0.29, 0.717) is 0 Å². The Bertz CT molecular complexity index is 749. The summed E-state index contributed by atoms with van der Waals surface area (Å²) in [5, 5.41) is 7.90. The number of aryl methyl sites for hydroxylation is 1. The van der Waals surface area contributed by atoms with Gasteiger partial charge in [0.05, 0.1) is 5.69 Å². The van der Waals surface area contributed by atoms with Crippen molar-refractivity contribution in [1.29, 1.82) is 0 Å². The lowest BCUT2D eigenvalue weighted by atomic mass is 10.1. The normalized spacial score (nSPS) is 12.7. The van der Waals surface area contributed by atoms with Crippen molar-refractivity contribution in [3.63, 3.8) is 0 Å². The highest BCUT2D eigenvalue weighted by molar-refractivity contribution is 9.10. The number of hydrogen-bond donors (Lipinski definition) is 1. The number of nitrogens with zero attached hydrogens (tertiary/aromatic N) is 3. The molecule has 0 aliphatic rings. The smallest absolute Gasteiger partial charge is 0.155 e. The number of nitrogens with one attached hydrogen (secondary N) is 1. The summed E-state index contributed by atoms with van der Waals surface area (Å²) in [7, 11) is 0. The van der Waals surface area contributed by atoms with Crippen LogP contribution in [0, 0.1) is 6.92 Å². The third-order valence-corrected chi connectivity index (χ3v) is 4.00. The summed E-state index contributed by atoms with van der Waals surface area (Å²) in [6.07, 6.45) is 3.92. The average Bonchev–Trinajstić information content (AvgIpc) is 2.84. The Balaban J connectivity index is 1.69. The first-order valence-corrected chi connectivity index (χ1v) is 7.71. The van der Waals surface area contributed by atoms with Crippen LogP contribution in [0.1, 0.15) is 29.8 Å². The molecule has 3 aromatic rings. The van der Waals surface area contributed by atoms with Crippen LogP contribution >= 0.6 is 15.9 Å². The second-order valence-electron chi connectivity index (χ2n) is 5.20. The van der Waals surface area contributed by atoms with Crippen LogP contribution in [0.25, 0.3) is 5.65 Å². The molecular weight excluding hydrogens is 328 g/mol. The molecule has 0 amide bonds. The van der Waals surface area contributed by atoms with Crippen molar-refractivity contribution in [3.05, 3.63) is 64.0 Å². The van der Waals surface area contributed by atoms with Crippen LogP contribution in [0.3, 0.4) is 0 Å². The third kappa shape index (κ3) is 3.31. The fourth-order valence-corrected chi connectivity index (χ4v) is 2.53. The van der Waals surface area contributed by atoms with Gasteiger partial charge in [-0.2, -0.15) is 5.10 Å². The average molecular weight is 345 g/mol. The van der Waals surface area contributed by atoms with Crippen molar-refractivity contribution in [1.82, 2.24) is 19.9 Å². The fraction of sp³-hybridized carbons (Fsp3) is 0.250. The molecule has 0 saturated heterocycles. The number of aromatic nitrogens is 3. The molecule has 0 fully saturated rings. The molecule has 4 nitrogen and oxygen atoms in total. The van der Waals surface area contributed by atoms with Gasteiger partial charge in [0, 0.05) is 41.1 Å². The van der Waals surface area contributed by atoms with Crippen LogP contribution in [0.4, 0.5) is 0 Å². The molecule has 5 heteroatoms. The van der Waals surface area contributed by atoms with Crippen molar-refractivity contribution >= 4 is 21.6 Å². The van der Waals surface area contributed by atoms with Gasteiger partial charge in [0.25, 0.3) is 0 Å². The molecule has 1 N–H and O–H groups in total. The summed E-state index contributed by atoms with van der Waals surface area (Å²) in [5.74, 6) is 0. The van der Waals surface area contributed by atoms with Gasteiger partial charge in [0.15, 0.2) is 5.65 Å². The lowest BCUT2D eigenvalue weighted by molar-refractivity contribution is 0.572. The Labute approximate surface area is 132 Å². The van der Waals surface area contributed by atoms with Gasteiger partial charge in [0.2, 0.25) is 0 Å². The van der Waals surface area contributed by atoms with Crippen molar-refractivity contribution in [2.24, 2.45) is 0 Å². The van der Waals surface area contributed by atoms with Crippen molar-refractivity contribution in [2.75, 3.05) is 0 Å². The third-order valence-electron chi connectivity index (χ3n) is 3.47. The van der Waals surface area contributed by atoms with Crippen LogP contribution in [-0.4, -0.2) is 14.6 Å². The highest BCUT2D eigenvalue weighted by atomic mass is 79.9. The van der Waals surface area contributed by atoms with Crippen molar-refractivity contribution in [2.45, 2.75) is 26.4 Å². The minimum atomic E-state index is 0.285. The summed E-state index contributed by atoms with van der Waals surface area (Å²) in [4.78, 5) is 4.42. The highest BCUT2D eigenvalue weighted by Gasteiger charge is 2.06. The zero-order valence-electron chi connectivity index (χ0n) is 12.0. The van der Waals surface area contributed by atoms with E-state index < -0.39 is 0 Å². The van der Waals surface area contributed by atoms with Gasteiger partial charge < -0.3 is 5.32 Å². The summed E-state index contributed by atoms with van der Waals surface area (Å²) in [6, 6.07) is 10.6. The number of rotatable bonds is 4. The van der Waals surface area contributed by atoms with Gasteiger partial charge in [0.1, 0.15) is 0 Å². The van der Waals surface area contributed by atoms with E-state index in [4.69, 9.17) is 0 Å². The van der Waals surface area contributed by atoms with E-state index in [2.05, 4.69) is 62.5 Å². The minimum Gasteiger partial charge on any atom is -0.306 e. The van der Waals surface area contributed by atoms with Crippen LogP contribution < -0.4 is 5.32 Å². The maximum absolute atomic E-state index is 4.42. The first kappa shape index (κ1) is 14.2.